The maximum atomic E-state index is 17.5. The molecule has 302 valence electrons. The first-order valence-corrected chi connectivity index (χ1v) is 23.1. The third-order valence-electron chi connectivity index (χ3n) is 12.9. The van der Waals surface area contributed by atoms with Gasteiger partial charge in [-0.05, 0) is 100 Å². The monoisotopic (exact) mass is 804 g/mol. The fourth-order valence-electron chi connectivity index (χ4n) is 9.73. The highest BCUT2D eigenvalue weighted by molar-refractivity contribution is 6.99. The number of methoxy groups -OCH3 is 1. The molecule has 2 unspecified atom stereocenters. The molecule has 6 aromatic rings. The van der Waals surface area contributed by atoms with Gasteiger partial charge in [-0.15, -0.1) is 0 Å². The summed E-state index contributed by atoms with van der Waals surface area (Å²) in [7, 11) is -1.18. The molecule has 2 saturated carbocycles. The first-order valence-electron chi connectivity index (χ1n) is 21.2. The molecule has 1 aliphatic heterocycles. The van der Waals surface area contributed by atoms with Crippen LogP contribution in [0, 0.1) is 34.9 Å². The Kier molecular flexibility index (Phi) is 10.5. The first kappa shape index (κ1) is 39.3. The summed E-state index contributed by atoms with van der Waals surface area (Å²) in [5.74, 6) is 9.35. The van der Waals surface area contributed by atoms with Crippen LogP contribution in [0.5, 0.6) is 5.75 Å². The third-order valence-corrected chi connectivity index (χ3v) is 17.8. The Balaban J connectivity index is 1.14. The SMILES string of the molecule is CCc1cccc2cc(OCOC)cc(-c3ncc4c(N5CC6CCC(C6)C5)nc(C#CC5(CO[Si](c6ccccc6)(c6ccccc6)C(C)(C)C)CC5)nc4c3F)c12. The standard InChI is InChI=1S/C50H53FN4O3Si/c1-6-36-14-13-15-37-27-38(57-33-56-5)28-41(44(36)37)46-45(51)47-42(29-52-46)48(55-30-34-20-21-35(26-34)31-55)54-43(53-47)22-23-50(24-25-50)32-58-59(49(2,3)4,39-16-9-7-10-17-39)40-18-11-8-12-19-40/h7-19,27-29,34-35H,6,20-21,24-26,30-33H2,1-5H3. The van der Waals surface area contributed by atoms with Crippen molar-refractivity contribution in [2.24, 2.45) is 17.3 Å². The number of aromatic nitrogens is 3. The second kappa shape index (κ2) is 15.8. The van der Waals surface area contributed by atoms with Crippen LogP contribution in [-0.2, 0) is 15.6 Å². The van der Waals surface area contributed by atoms with E-state index in [2.05, 4.69) is 111 Å². The van der Waals surface area contributed by atoms with Crippen molar-refractivity contribution in [3.8, 4) is 28.8 Å². The van der Waals surface area contributed by atoms with Gasteiger partial charge in [0, 0.05) is 32.0 Å². The summed E-state index contributed by atoms with van der Waals surface area (Å²) in [6.45, 7) is 11.4. The molecule has 4 aromatic carbocycles. The van der Waals surface area contributed by atoms with Crippen molar-refractivity contribution in [3.05, 3.63) is 114 Å². The Morgan fingerprint density at radius 1 is 0.898 bits per heavy atom. The van der Waals surface area contributed by atoms with Crippen molar-refractivity contribution in [1.82, 2.24) is 15.0 Å². The largest absolute Gasteiger partial charge is 0.468 e. The van der Waals surface area contributed by atoms with Gasteiger partial charge in [-0.3, -0.25) is 4.98 Å². The number of halogens is 1. The quantitative estimate of drug-likeness (QED) is 0.0735. The molecule has 0 radical (unpaired) electrons. The predicted octanol–water partition coefficient (Wildman–Crippen LogP) is 9.47. The van der Waals surface area contributed by atoms with E-state index in [9.17, 15) is 0 Å². The number of rotatable bonds is 11. The van der Waals surface area contributed by atoms with Crippen molar-refractivity contribution >= 4 is 46.2 Å². The second-order valence-corrected chi connectivity index (χ2v) is 22.2. The molecule has 9 rings (SSSR count). The van der Waals surface area contributed by atoms with Crippen LogP contribution in [0.15, 0.2) is 97.2 Å². The Bertz CT molecular complexity index is 2510. The Hall–Kier alpha value is -5.14. The summed E-state index contributed by atoms with van der Waals surface area (Å²) >= 11 is 0. The number of hydrogen-bond donors (Lipinski definition) is 0. The number of ether oxygens (including phenoxy) is 2. The van der Waals surface area contributed by atoms with Crippen LogP contribution < -0.4 is 20.0 Å². The zero-order valence-corrected chi connectivity index (χ0v) is 35.9. The van der Waals surface area contributed by atoms with Crippen molar-refractivity contribution in [1.29, 1.82) is 0 Å². The molecular formula is C50H53FN4O3Si. The lowest BCUT2D eigenvalue weighted by Gasteiger charge is -2.43. The van der Waals surface area contributed by atoms with Gasteiger partial charge in [-0.2, -0.15) is 0 Å². The summed E-state index contributed by atoms with van der Waals surface area (Å²) in [6.07, 6.45) is 8.06. The van der Waals surface area contributed by atoms with Crippen LogP contribution in [0.3, 0.4) is 0 Å². The van der Waals surface area contributed by atoms with Gasteiger partial charge in [0.1, 0.15) is 22.8 Å². The summed E-state index contributed by atoms with van der Waals surface area (Å²) in [5, 5.41) is 4.85. The fraction of sp³-hybridized carbons (Fsp3) is 0.380. The molecule has 0 spiro atoms. The van der Waals surface area contributed by atoms with Crippen LogP contribution in [0.2, 0.25) is 5.04 Å². The number of nitrogens with zero attached hydrogens (tertiary/aromatic N) is 4. The zero-order valence-electron chi connectivity index (χ0n) is 34.9. The maximum absolute atomic E-state index is 17.5. The molecule has 3 aliphatic rings. The summed E-state index contributed by atoms with van der Waals surface area (Å²) in [5.41, 5.74) is 1.89. The van der Waals surface area contributed by atoms with Crippen LogP contribution in [0.4, 0.5) is 10.2 Å². The van der Waals surface area contributed by atoms with Gasteiger partial charge < -0.3 is 18.8 Å². The minimum atomic E-state index is -2.77. The second-order valence-electron chi connectivity index (χ2n) is 17.9. The predicted molar refractivity (Wildman–Crippen MR) is 237 cm³/mol. The number of pyridine rings is 1. The summed E-state index contributed by atoms with van der Waals surface area (Å²) in [4.78, 5) is 17.3. The minimum absolute atomic E-state index is 0.0763. The number of hydrogen-bond acceptors (Lipinski definition) is 7. The van der Waals surface area contributed by atoms with Gasteiger partial charge in [0.05, 0.1) is 17.4 Å². The van der Waals surface area contributed by atoms with E-state index in [4.69, 9.17) is 28.9 Å². The van der Waals surface area contributed by atoms with Crippen LogP contribution in [0.25, 0.3) is 32.9 Å². The van der Waals surface area contributed by atoms with E-state index in [1.54, 1.807) is 13.3 Å². The molecule has 2 atom stereocenters. The van der Waals surface area contributed by atoms with Gasteiger partial charge in [-0.1, -0.05) is 112 Å². The van der Waals surface area contributed by atoms with Crippen molar-refractivity contribution < 1.29 is 18.3 Å². The maximum Gasteiger partial charge on any atom is 0.261 e. The summed E-state index contributed by atoms with van der Waals surface area (Å²) < 4.78 is 36.0. The zero-order chi connectivity index (χ0) is 40.8. The Morgan fingerprint density at radius 2 is 1.59 bits per heavy atom. The Morgan fingerprint density at radius 3 is 2.22 bits per heavy atom. The van der Waals surface area contributed by atoms with E-state index in [1.165, 1.54) is 29.6 Å². The number of piperidine rings is 1. The van der Waals surface area contributed by atoms with Gasteiger partial charge in [0.2, 0.25) is 5.82 Å². The number of benzene rings is 4. The highest BCUT2D eigenvalue weighted by Crippen LogP contribution is 2.48. The molecule has 9 heteroatoms. The number of aryl methyl sites for hydroxylation is 1. The first-order chi connectivity index (χ1) is 28.6. The van der Waals surface area contributed by atoms with Crippen LogP contribution in [-0.4, -0.2) is 56.9 Å². The number of fused-ring (bicyclic) bond motifs is 4. The lowest BCUT2D eigenvalue weighted by Crippen LogP contribution is -2.67. The highest BCUT2D eigenvalue weighted by Gasteiger charge is 2.53. The highest BCUT2D eigenvalue weighted by atomic mass is 28.4. The lowest BCUT2D eigenvalue weighted by atomic mass is 9.95. The van der Waals surface area contributed by atoms with E-state index in [-0.39, 0.29) is 28.5 Å². The van der Waals surface area contributed by atoms with E-state index in [1.807, 2.05) is 24.3 Å². The topological polar surface area (TPSA) is 69.6 Å². The molecule has 2 aliphatic carbocycles. The van der Waals surface area contributed by atoms with Crippen molar-refractivity contribution in [2.75, 3.05) is 38.5 Å². The van der Waals surface area contributed by atoms with E-state index < -0.39 is 14.1 Å². The minimum Gasteiger partial charge on any atom is -0.468 e. The van der Waals surface area contributed by atoms with Crippen LogP contribution >= 0.6 is 0 Å². The Labute approximate surface area is 348 Å². The van der Waals surface area contributed by atoms with Crippen molar-refractivity contribution in [2.45, 2.75) is 71.3 Å². The third kappa shape index (κ3) is 7.41. The summed E-state index contributed by atoms with van der Waals surface area (Å²) in [6, 6.07) is 31.5. The number of anilines is 1. The molecule has 7 nitrogen and oxygen atoms in total. The van der Waals surface area contributed by atoms with E-state index >= 15 is 4.39 Å². The molecule has 0 amide bonds. The van der Waals surface area contributed by atoms with E-state index in [0.29, 0.717) is 41.0 Å². The fourth-order valence-corrected chi connectivity index (χ4v) is 14.4. The van der Waals surface area contributed by atoms with E-state index in [0.717, 1.165) is 54.5 Å². The van der Waals surface area contributed by atoms with Crippen molar-refractivity contribution in [3.63, 3.8) is 0 Å². The molecule has 1 saturated heterocycles. The van der Waals surface area contributed by atoms with Crippen LogP contribution in [0.1, 0.15) is 71.2 Å². The van der Waals surface area contributed by atoms with Gasteiger partial charge in [0.25, 0.3) is 8.32 Å². The lowest BCUT2D eigenvalue weighted by molar-refractivity contribution is 0.0512. The average molecular weight is 805 g/mol. The molecule has 3 fully saturated rings. The molecule has 2 bridgehead atoms. The van der Waals surface area contributed by atoms with Gasteiger partial charge in [0.15, 0.2) is 12.6 Å². The average Bonchev–Trinajstić information content (AvgIpc) is 3.95. The molecular weight excluding hydrogens is 752 g/mol. The van der Waals surface area contributed by atoms with Gasteiger partial charge in [-0.25, -0.2) is 14.4 Å². The normalized spacial score (nSPS) is 18.5. The van der Waals surface area contributed by atoms with Gasteiger partial charge >= 0.3 is 0 Å². The molecule has 59 heavy (non-hydrogen) atoms. The molecule has 3 heterocycles. The molecule has 2 aromatic heterocycles. The smallest absolute Gasteiger partial charge is 0.261 e. The molecule has 0 N–H and O–H groups in total.